The van der Waals surface area contributed by atoms with Gasteiger partial charge in [-0.05, 0) is 20.3 Å². The molecule has 0 aromatic heterocycles. The Kier molecular flexibility index (Phi) is 8.96. The summed E-state index contributed by atoms with van der Waals surface area (Å²) in [6.45, 7) is 8.39. The van der Waals surface area contributed by atoms with Crippen LogP contribution in [-0.4, -0.2) is 18.9 Å². The summed E-state index contributed by atoms with van der Waals surface area (Å²) in [5.41, 5.74) is 0.521. The molecule has 0 amide bonds. The highest BCUT2D eigenvalue weighted by Gasteiger charge is 2.00. The van der Waals surface area contributed by atoms with E-state index in [1.165, 1.54) is 21.0 Å². The molecule has 12 heavy (non-hydrogen) atoms. The molecule has 0 aliphatic heterocycles. The van der Waals surface area contributed by atoms with Crippen LogP contribution >= 0.6 is 0 Å². The van der Waals surface area contributed by atoms with E-state index in [0.29, 0.717) is 12.0 Å². The second kappa shape index (κ2) is 7.98. The average Bonchev–Trinajstić information content (AvgIpc) is 2.00. The smallest absolute Gasteiger partial charge is 0.333 e. The number of ketones is 1. The maximum absolute atomic E-state index is 10.4. The first-order valence-corrected chi connectivity index (χ1v) is 3.68. The third kappa shape index (κ3) is 11.6. The van der Waals surface area contributed by atoms with Crippen molar-refractivity contribution in [3.63, 3.8) is 0 Å². The van der Waals surface area contributed by atoms with Crippen molar-refractivity contribution < 1.29 is 14.3 Å². The van der Waals surface area contributed by atoms with Gasteiger partial charge in [0.1, 0.15) is 5.78 Å². The number of carbonyl (C=O) groups is 2. The molecule has 0 aromatic carbocycles. The fourth-order valence-corrected chi connectivity index (χ4v) is 0.289. The third-order valence-electron chi connectivity index (χ3n) is 0.901. The van der Waals surface area contributed by atoms with Gasteiger partial charge in [-0.1, -0.05) is 13.5 Å². The highest BCUT2D eigenvalue weighted by atomic mass is 16.5. The predicted molar refractivity (Wildman–Crippen MR) is 47.8 cm³/mol. The molecule has 70 valence electrons. The van der Waals surface area contributed by atoms with Gasteiger partial charge in [-0.15, -0.1) is 0 Å². The molecule has 0 unspecified atom stereocenters. The molecular weight excluding hydrogens is 156 g/mol. The van der Waals surface area contributed by atoms with Crippen molar-refractivity contribution in [1.82, 2.24) is 0 Å². The van der Waals surface area contributed by atoms with Gasteiger partial charge in [-0.25, -0.2) is 4.79 Å². The van der Waals surface area contributed by atoms with Crippen LogP contribution in [0.3, 0.4) is 0 Å². The molecule has 0 aliphatic rings. The quantitative estimate of drug-likeness (QED) is 0.470. The Bertz CT molecular complexity index is 153. The van der Waals surface area contributed by atoms with Crippen LogP contribution in [0.2, 0.25) is 0 Å². The molecule has 0 aliphatic carbocycles. The fourth-order valence-electron chi connectivity index (χ4n) is 0.289. The van der Waals surface area contributed by atoms with Crippen LogP contribution in [0.5, 0.6) is 0 Å². The second-order valence-electron chi connectivity index (χ2n) is 2.36. The van der Waals surface area contributed by atoms with Gasteiger partial charge in [0, 0.05) is 5.57 Å². The van der Waals surface area contributed by atoms with Crippen LogP contribution in [0.15, 0.2) is 12.2 Å². The van der Waals surface area contributed by atoms with E-state index in [0.717, 1.165) is 0 Å². The first-order valence-electron chi connectivity index (χ1n) is 3.68. The van der Waals surface area contributed by atoms with Crippen LogP contribution in [0.25, 0.3) is 0 Å². The zero-order valence-corrected chi connectivity index (χ0v) is 8.14. The summed E-state index contributed by atoms with van der Waals surface area (Å²) < 4.78 is 4.36. The van der Waals surface area contributed by atoms with Crippen LogP contribution in [-0.2, 0) is 14.3 Å². The molecule has 0 bridgehead atoms. The van der Waals surface area contributed by atoms with E-state index in [9.17, 15) is 9.59 Å². The van der Waals surface area contributed by atoms with Gasteiger partial charge >= 0.3 is 5.97 Å². The van der Waals surface area contributed by atoms with E-state index in [1.54, 1.807) is 0 Å². The summed E-state index contributed by atoms with van der Waals surface area (Å²) in [7, 11) is 1.35. The molecule has 0 rings (SSSR count). The molecule has 0 spiro atoms. The van der Waals surface area contributed by atoms with Crippen LogP contribution in [0.4, 0.5) is 0 Å². The zero-order valence-electron chi connectivity index (χ0n) is 8.14. The van der Waals surface area contributed by atoms with E-state index in [1.807, 2.05) is 6.92 Å². The molecule has 0 saturated heterocycles. The first-order chi connectivity index (χ1) is 5.45. The maximum Gasteiger partial charge on any atom is 0.333 e. The maximum atomic E-state index is 10.4. The van der Waals surface area contributed by atoms with E-state index in [4.69, 9.17) is 0 Å². The lowest BCUT2D eigenvalue weighted by molar-refractivity contribution is -0.136. The lowest BCUT2D eigenvalue weighted by Gasteiger charge is -1.95. The van der Waals surface area contributed by atoms with Crippen molar-refractivity contribution in [2.45, 2.75) is 27.2 Å². The van der Waals surface area contributed by atoms with Crippen molar-refractivity contribution in [2.24, 2.45) is 0 Å². The molecule has 0 aromatic rings. The molecule has 3 nitrogen and oxygen atoms in total. The summed E-state index contributed by atoms with van der Waals surface area (Å²) in [5, 5.41) is 0. The Hall–Kier alpha value is -1.12. The normalized spacial score (nSPS) is 7.67. The van der Waals surface area contributed by atoms with Gasteiger partial charge in [-0.2, -0.15) is 0 Å². The summed E-state index contributed by atoms with van der Waals surface area (Å²) >= 11 is 0. The number of Topliss-reactive ketones (excluding diaryl/α,β-unsaturated/α-hetero) is 1. The van der Waals surface area contributed by atoms with Gasteiger partial charge < -0.3 is 9.53 Å². The van der Waals surface area contributed by atoms with Gasteiger partial charge in [0.15, 0.2) is 0 Å². The fraction of sp³-hybridized carbons (Fsp3) is 0.556. The molecule has 0 saturated carbocycles. The summed E-state index contributed by atoms with van der Waals surface area (Å²) in [6.07, 6.45) is 0.659. The number of esters is 1. The number of hydrogen-bond acceptors (Lipinski definition) is 3. The van der Waals surface area contributed by atoms with Gasteiger partial charge in [-0.3, -0.25) is 0 Å². The van der Waals surface area contributed by atoms with E-state index >= 15 is 0 Å². The Labute approximate surface area is 73.4 Å². The molecule has 0 heterocycles. The van der Waals surface area contributed by atoms with E-state index < -0.39 is 0 Å². The van der Waals surface area contributed by atoms with Crippen LogP contribution in [0.1, 0.15) is 27.2 Å². The van der Waals surface area contributed by atoms with Gasteiger partial charge in [0.25, 0.3) is 0 Å². The number of rotatable bonds is 2. The SMILES string of the molecule is C=C(CC)C(=O)OC.CC(C)=O. The Morgan fingerprint density at radius 1 is 1.33 bits per heavy atom. The Morgan fingerprint density at radius 3 is 1.75 bits per heavy atom. The molecule has 0 fully saturated rings. The minimum Gasteiger partial charge on any atom is -0.466 e. The van der Waals surface area contributed by atoms with Crippen molar-refractivity contribution in [3.05, 3.63) is 12.2 Å². The average molecular weight is 172 g/mol. The molecule has 0 radical (unpaired) electrons. The number of hydrogen-bond donors (Lipinski definition) is 0. The molecular formula is C9H16O3. The summed E-state index contributed by atoms with van der Waals surface area (Å²) in [4.78, 5) is 19.9. The highest BCUT2D eigenvalue weighted by Crippen LogP contribution is 1.96. The van der Waals surface area contributed by atoms with E-state index in [-0.39, 0.29) is 11.8 Å². The van der Waals surface area contributed by atoms with Crippen molar-refractivity contribution >= 4 is 11.8 Å². The Morgan fingerprint density at radius 2 is 1.67 bits per heavy atom. The molecule has 0 N–H and O–H groups in total. The molecule has 0 atom stereocenters. The van der Waals surface area contributed by atoms with E-state index in [2.05, 4.69) is 11.3 Å². The van der Waals surface area contributed by atoms with Crippen LogP contribution < -0.4 is 0 Å². The Balaban J connectivity index is 0. The minimum atomic E-state index is -0.312. The van der Waals surface area contributed by atoms with Crippen molar-refractivity contribution in [3.8, 4) is 0 Å². The van der Waals surface area contributed by atoms with Crippen molar-refractivity contribution in [2.75, 3.05) is 7.11 Å². The topological polar surface area (TPSA) is 43.4 Å². The van der Waals surface area contributed by atoms with Gasteiger partial charge in [0.05, 0.1) is 7.11 Å². The highest BCUT2D eigenvalue weighted by molar-refractivity contribution is 5.87. The lowest BCUT2D eigenvalue weighted by Crippen LogP contribution is -2.01. The molecule has 3 heteroatoms. The van der Waals surface area contributed by atoms with Gasteiger partial charge in [0.2, 0.25) is 0 Å². The largest absolute Gasteiger partial charge is 0.466 e. The number of methoxy groups -OCH3 is 1. The van der Waals surface area contributed by atoms with Crippen LogP contribution in [0, 0.1) is 0 Å². The summed E-state index contributed by atoms with van der Waals surface area (Å²) in [5.74, 6) is -0.146. The monoisotopic (exact) mass is 172 g/mol. The zero-order chi connectivity index (χ0) is 10.1. The minimum absolute atomic E-state index is 0.167. The first kappa shape index (κ1) is 13.5. The third-order valence-corrected chi connectivity index (χ3v) is 0.901. The number of ether oxygens (including phenoxy) is 1. The standard InChI is InChI=1S/C6H10O2.C3H6O/c1-4-5(2)6(7)8-3;1-3(2)4/h2,4H2,1,3H3;1-2H3. The number of carbonyl (C=O) groups excluding carboxylic acids is 2. The second-order valence-corrected chi connectivity index (χ2v) is 2.36. The lowest BCUT2D eigenvalue weighted by atomic mass is 10.2. The predicted octanol–water partition coefficient (Wildman–Crippen LogP) is 1.72. The summed E-state index contributed by atoms with van der Waals surface area (Å²) in [6, 6.07) is 0. The van der Waals surface area contributed by atoms with Crippen molar-refractivity contribution in [1.29, 1.82) is 0 Å².